The van der Waals surface area contributed by atoms with Gasteiger partial charge in [-0.05, 0) is 38.4 Å². The molecule has 1 aromatic heterocycles. The van der Waals surface area contributed by atoms with Crippen LogP contribution in [-0.2, 0) is 9.53 Å². The molecule has 0 spiro atoms. The first-order chi connectivity index (χ1) is 13.0. The van der Waals surface area contributed by atoms with E-state index in [4.69, 9.17) is 21.1 Å². The van der Waals surface area contributed by atoms with Crippen molar-refractivity contribution in [2.24, 2.45) is 0 Å². The second-order valence-electron chi connectivity index (χ2n) is 5.34. The van der Waals surface area contributed by atoms with E-state index in [1.165, 1.54) is 14.2 Å². The molecule has 3 rings (SSSR count). The van der Waals surface area contributed by atoms with Crippen LogP contribution in [0.15, 0.2) is 18.2 Å². The van der Waals surface area contributed by atoms with Crippen molar-refractivity contribution in [3.8, 4) is 24.0 Å². The Hall–Kier alpha value is -2.56. The molecule has 0 bridgehead atoms. The van der Waals surface area contributed by atoms with Gasteiger partial charge in [0.25, 0.3) is 5.88 Å². The van der Waals surface area contributed by atoms with Gasteiger partial charge in [0.2, 0.25) is 0 Å². The summed E-state index contributed by atoms with van der Waals surface area (Å²) in [5, 5.41) is 3.29. The lowest BCUT2D eigenvalue weighted by molar-refractivity contribution is -0.142. The fraction of sp³-hybridized carbons (Fsp3) is 0.421. The van der Waals surface area contributed by atoms with E-state index in [9.17, 15) is 4.79 Å². The van der Waals surface area contributed by atoms with E-state index in [0.717, 1.165) is 25.1 Å². The van der Waals surface area contributed by atoms with Crippen LogP contribution in [0.1, 0.15) is 19.8 Å². The van der Waals surface area contributed by atoms with E-state index in [1.54, 1.807) is 32.2 Å². The van der Waals surface area contributed by atoms with E-state index in [2.05, 4.69) is 32.4 Å². The summed E-state index contributed by atoms with van der Waals surface area (Å²) in [4.78, 5) is 19.1. The third-order valence-corrected chi connectivity index (χ3v) is 3.79. The van der Waals surface area contributed by atoms with Crippen LogP contribution >= 0.6 is 11.6 Å². The second kappa shape index (κ2) is 11.9. The zero-order chi connectivity index (χ0) is 20.2. The number of ether oxygens (including phenoxy) is 3. The summed E-state index contributed by atoms with van der Waals surface area (Å²) in [5.74, 6) is 3.16. The lowest BCUT2D eigenvalue weighted by Gasteiger charge is -2.04. The highest BCUT2D eigenvalue weighted by Crippen LogP contribution is 2.25. The van der Waals surface area contributed by atoms with Gasteiger partial charge in [-0.25, -0.2) is 9.97 Å². The van der Waals surface area contributed by atoms with Crippen LogP contribution < -0.4 is 14.8 Å². The van der Waals surface area contributed by atoms with Gasteiger partial charge in [-0.3, -0.25) is 4.79 Å². The standard InChI is InChI=1S/C10H9ClN2O2.C6H11NO2.C3H4/c1-14-6-3-4-7-8(5-6)13-10(15-2)9(11)12-7;1-9-6(8)5-3-2-4-7-5;1-3-2/h3-5H,1-2H3;5,7H,2-4H2,1H3;1H,2H3. The largest absolute Gasteiger partial charge is 0.497 e. The first kappa shape index (κ1) is 22.5. The Bertz CT molecular complexity index is 786. The maximum absolute atomic E-state index is 10.7. The summed E-state index contributed by atoms with van der Waals surface area (Å²) in [6.07, 6.45) is 6.60. The molecule has 2 heterocycles. The number of hydrogen-bond acceptors (Lipinski definition) is 7. The van der Waals surface area contributed by atoms with Crippen molar-refractivity contribution in [2.45, 2.75) is 25.8 Å². The molecule has 0 aliphatic carbocycles. The van der Waals surface area contributed by atoms with Crippen molar-refractivity contribution in [1.82, 2.24) is 15.3 Å². The molecule has 1 aliphatic heterocycles. The maximum atomic E-state index is 10.7. The number of aromatic nitrogens is 2. The Morgan fingerprint density at radius 1 is 1.26 bits per heavy atom. The molecule has 1 saturated heterocycles. The number of carbonyl (C=O) groups excluding carboxylic acids is 1. The van der Waals surface area contributed by atoms with Crippen LogP contribution in [0, 0.1) is 12.3 Å². The van der Waals surface area contributed by atoms with Crippen molar-refractivity contribution < 1.29 is 19.0 Å². The van der Waals surface area contributed by atoms with Crippen LogP contribution in [-0.4, -0.2) is 49.9 Å². The zero-order valence-corrected chi connectivity index (χ0v) is 16.7. The highest BCUT2D eigenvalue weighted by Gasteiger charge is 2.21. The molecule has 2 aromatic rings. The van der Waals surface area contributed by atoms with Gasteiger partial charge >= 0.3 is 5.97 Å². The highest BCUT2D eigenvalue weighted by molar-refractivity contribution is 6.31. The topological polar surface area (TPSA) is 82.6 Å². The zero-order valence-electron chi connectivity index (χ0n) is 15.9. The number of esters is 1. The molecule has 1 unspecified atom stereocenters. The van der Waals surface area contributed by atoms with Crippen molar-refractivity contribution in [3.63, 3.8) is 0 Å². The molecule has 1 atom stereocenters. The SMILES string of the molecule is C#CC.COC(=O)C1CCCN1.COc1ccc2nc(Cl)c(OC)nc2c1. The first-order valence-electron chi connectivity index (χ1n) is 8.24. The van der Waals surface area contributed by atoms with E-state index in [-0.39, 0.29) is 17.2 Å². The van der Waals surface area contributed by atoms with Gasteiger partial charge in [-0.1, -0.05) is 11.6 Å². The van der Waals surface area contributed by atoms with Gasteiger partial charge in [0.1, 0.15) is 11.8 Å². The molecule has 0 radical (unpaired) electrons. The minimum Gasteiger partial charge on any atom is -0.497 e. The van der Waals surface area contributed by atoms with Crippen molar-refractivity contribution >= 4 is 28.6 Å². The maximum Gasteiger partial charge on any atom is 0.322 e. The average molecular weight is 394 g/mol. The minimum atomic E-state index is -0.132. The van der Waals surface area contributed by atoms with E-state index in [1.807, 2.05) is 0 Å². The van der Waals surface area contributed by atoms with Gasteiger partial charge < -0.3 is 19.5 Å². The molecular formula is C19H24ClN3O4. The van der Waals surface area contributed by atoms with Crippen LogP contribution in [0.25, 0.3) is 11.0 Å². The Labute approximate surface area is 164 Å². The number of carbonyl (C=O) groups is 1. The van der Waals surface area contributed by atoms with Crippen molar-refractivity contribution in [2.75, 3.05) is 27.9 Å². The summed E-state index contributed by atoms with van der Waals surface area (Å²) in [7, 11) is 4.52. The van der Waals surface area contributed by atoms with Crippen LogP contribution in [0.5, 0.6) is 11.6 Å². The molecule has 1 aliphatic rings. The van der Waals surface area contributed by atoms with Gasteiger partial charge in [-0.15, -0.1) is 12.3 Å². The average Bonchev–Trinajstić information content (AvgIpc) is 3.22. The summed E-state index contributed by atoms with van der Waals surface area (Å²) in [6.45, 7) is 2.60. The predicted molar refractivity (Wildman–Crippen MR) is 105 cm³/mol. The highest BCUT2D eigenvalue weighted by atomic mass is 35.5. The quantitative estimate of drug-likeness (QED) is 0.634. The number of methoxy groups -OCH3 is 3. The molecule has 27 heavy (non-hydrogen) atoms. The molecule has 1 N–H and O–H groups in total. The molecule has 8 heteroatoms. The number of nitrogens with zero attached hydrogens (tertiary/aromatic N) is 2. The van der Waals surface area contributed by atoms with Crippen molar-refractivity contribution in [1.29, 1.82) is 0 Å². The van der Waals surface area contributed by atoms with E-state index < -0.39 is 0 Å². The first-order valence-corrected chi connectivity index (χ1v) is 8.62. The molecule has 0 amide bonds. The Morgan fingerprint density at radius 2 is 1.96 bits per heavy atom. The smallest absolute Gasteiger partial charge is 0.322 e. The van der Waals surface area contributed by atoms with E-state index in [0.29, 0.717) is 16.9 Å². The Balaban J connectivity index is 0.000000259. The monoisotopic (exact) mass is 393 g/mol. The summed E-state index contributed by atoms with van der Waals surface area (Å²) < 4.78 is 14.6. The van der Waals surface area contributed by atoms with Crippen LogP contribution in [0.4, 0.5) is 0 Å². The predicted octanol–water partition coefficient (Wildman–Crippen LogP) is 2.85. The van der Waals surface area contributed by atoms with Crippen molar-refractivity contribution in [3.05, 3.63) is 23.4 Å². The molecule has 1 fully saturated rings. The number of halogens is 1. The Kier molecular flexibility index (Phi) is 9.94. The molecular weight excluding hydrogens is 370 g/mol. The fourth-order valence-corrected chi connectivity index (χ4v) is 2.49. The number of hydrogen-bond donors (Lipinski definition) is 1. The number of benzene rings is 1. The second-order valence-corrected chi connectivity index (χ2v) is 5.70. The van der Waals surface area contributed by atoms with Crippen LogP contribution in [0.3, 0.4) is 0 Å². The fourth-order valence-electron chi connectivity index (χ4n) is 2.28. The molecule has 146 valence electrons. The molecule has 0 saturated carbocycles. The number of nitrogens with one attached hydrogen (secondary N) is 1. The number of terminal acetylenes is 1. The van der Waals surface area contributed by atoms with E-state index >= 15 is 0 Å². The van der Waals surface area contributed by atoms with Gasteiger partial charge in [0, 0.05) is 6.07 Å². The summed E-state index contributed by atoms with van der Waals surface area (Å²) in [5.41, 5.74) is 1.40. The number of fused-ring (bicyclic) bond motifs is 1. The molecule has 7 nitrogen and oxygen atoms in total. The molecule has 1 aromatic carbocycles. The van der Waals surface area contributed by atoms with Gasteiger partial charge in [0.05, 0.1) is 32.4 Å². The number of rotatable bonds is 3. The van der Waals surface area contributed by atoms with Crippen LogP contribution in [0.2, 0.25) is 5.15 Å². The minimum absolute atomic E-state index is 0.0324. The van der Waals surface area contributed by atoms with Gasteiger partial charge in [0.15, 0.2) is 5.15 Å². The lowest BCUT2D eigenvalue weighted by atomic mass is 10.2. The summed E-state index contributed by atoms with van der Waals surface area (Å²) in [6, 6.07) is 5.35. The third kappa shape index (κ3) is 6.93. The lowest BCUT2D eigenvalue weighted by Crippen LogP contribution is -2.31. The van der Waals surface area contributed by atoms with Gasteiger partial charge in [-0.2, -0.15) is 0 Å². The third-order valence-electron chi connectivity index (χ3n) is 3.54. The summed E-state index contributed by atoms with van der Waals surface area (Å²) >= 11 is 5.85. The Morgan fingerprint density at radius 3 is 2.48 bits per heavy atom. The normalized spacial score (nSPS) is 14.7.